The number of aliphatic hydroxyl groups is 4. The maximum atomic E-state index is 11.2. The molecular weight excluding hydrogens is 286 g/mol. The van der Waals surface area contributed by atoms with Crippen molar-refractivity contribution in [3.63, 3.8) is 0 Å². The maximum absolute atomic E-state index is 11.2. The zero-order chi connectivity index (χ0) is 16.4. The summed E-state index contributed by atoms with van der Waals surface area (Å²) in [6.07, 6.45) is -6.27. The van der Waals surface area contributed by atoms with Crippen molar-refractivity contribution >= 4 is 11.9 Å². The van der Waals surface area contributed by atoms with Crippen molar-refractivity contribution in [2.45, 2.75) is 56.3 Å². The van der Waals surface area contributed by atoms with E-state index in [0.717, 1.165) is 0 Å². The Morgan fingerprint density at radius 3 is 2.43 bits per heavy atom. The van der Waals surface area contributed by atoms with Crippen molar-refractivity contribution < 1.29 is 39.9 Å². The summed E-state index contributed by atoms with van der Waals surface area (Å²) in [4.78, 5) is 22.4. The van der Waals surface area contributed by atoms with Gasteiger partial charge in [0.1, 0.15) is 18.3 Å². The predicted molar refractivity (Wildman–Crippen MR) is 68.2 cm³/mol. The molecule has 9 heteroatoms. The van der Waals surface area contributed by atoms with Gasteiger partial charge in [0, 0.05) is 13.3 Å². The monoisotopic (exact) mass is 307 g/mol. The Morgan fingerprint density at radius 1 is 1.43 bits per heavy atom. The Hall–Kier alpha value is -1.26. The fourth-order valence-corrected chi connectivity index (χ4v) is 2.33. The number of carbonyl (C=O) groups excluding carboxylic acids is 1. The van der Waals surface area contributed by atoms with Crippen LogP contribution in [0.15, 0.2) is 0 Å². The molecule has 4 unspecified atom stereocenters. The molecule has 0 radical (unpaired) electrons. The number of ether oxygens (including phenoxy) is 1. The molecule has 6 N–H and O–H groups in total. The molecule has 122 valence electrons. The lowest BCUT2D eigenvalue weighted by molar-refractivity contribution is -0.224. The van der Waals surface area contributed by atoms with Crippen LogP contribution in [0.3, 0.4) is 0 Å². The third kappa shape index (κ3) is 3.89. The van der Waals surface area contributed by atoms with Crippen LogP contribution in [0.2, 0.25) is 0 Å². The Labute approximate surface area is 121 Å². The number of hydrogen-bond donors (Lipinski definition) is 6. The number of rotatable bonds is 5. The van der Waals surface area contributed by atoms with E-state index in [2.05, 4.69) is 5.32 Å². The molecule has 1 aliphatic heterocycles. The van der Waals surface area contributed by atoms with Crippen LogP contribution in [-0.2, 0) is 14.3 Å². The lowest BCUT2D eigenvalue weighted by atomic mass is 9.84. The molecule has 21 heavy (non-hydrogen) atoms. The van der Waals surface area contributed by atoms with Gasteiger partial charge in [0.2, 0.25) is 5.91 Å². The second kappa shape index (κ2) is 6.67. The van der Waals surface area contributed by atoms with E-state index in [1.807, 2.05) is 0 Å². The number of carbonyl (C=O) groups is 2. The van der Waals surface area contributed by atoms with Crippen LogP contribution in [0.1, 0.15) is 20.3 Å². The fraction of sp³-hybridized carbons (Fsp3) is 0.833. The van der Waals surface area contributed by atoms with Gasteiger partial charge >= 0.3 is 5.97 Å². The van der Waals surface area contributed by atoms with Crippen LogP contribution < -0.4 is 5.32 Å². The zero-order valence-electron chi connectivity index (χ0n) is 11.8. The summed E-state index contributed by atoms with van der Waals surface area (Å²) in [5, 5.41) is 49.9. The van der Waals surface area contributed by atoms with Crippen molar-refractivity contribution in [1.29, 1.82) is 0 Å². The standard InChI is InChI=1S/C12H21NO8/c1-5(15)13-8-6(16)3-12(2,11(19)20)21-10(8)9(18)7(17)4-14/h6-10,14,16-18H,3-4H2,1-2H3,(H,13,15)(H,19,20)/t6?,7-,8?,9-,10?,12?/m1/s1. The van der Waals surface area contributed by atoms with Crippen LogP contribution in [0.4, 0.5) is 0 Å². The Balaban J connectivity index is 3.07. The first-order chi connectivity index (χ1) is 9.62. The van der Waals surface area contributed by atoms with Gasteiger partial charge in [0.15, 0.2) is 5.60 Å². The second-order valence-electron chi connectivity index (χ2n) is 5.36. The normalized spacial score (nSPS) is 35.8. The minimum atomic E-state index is -1.78. The first kappa shape index (κ1) is 17.8. The molecule has 0 saturated carbocycles. The third-order valence-electron chi connectivity index (χ3n) is 3.50. The molecule has 0 spiro atoms. The predicted octanol–water partition coefficient (Wildman–Crippen LogP) is -2.80. The van der Waals surface area contributed by atoms with Crippen molar-refractivity contribution in [2.75, 3.05) is 6.61 Å². The molecule has 1 rings (SSSR count). The van der Waals surface area contributed by atoms with Crippen LogP contribution in [0, 0.1) is 0 Å². The van der Waals surface area contributed by atoms with Gasteiger partial charge in [0.05, 0.1) is 18.8 Å². The molecule has 0 aromatic carbocycles. The molecular formula is C12H21NO8. The number of aliphatic hydroxyl groups excluding tert-OH is 4. The third-order valence-corrected chi connectivity index (χ3v) is 3.50. The SMILES string of the molecule is CC(=O)NC1C(O)CC(C)(C(=O)O)OC1[C@H](O)[C@H](O)CO. The van der Waals surface area contributed by atoms with E-state index >= 15 is 0 Å². The minimum absolute atomic E-state index is 0.300. The van der Waals surface area contributed by atoms with Crippen molar-refractivity contribution in [3.05, 3.63) is 0 Å². The molecule has 1 saturated heterocycles. The highest BCUT2D eigenvalue weighted by Crippen LogP contribution is 2.31. The van der Waals surface area contributed by atoms with Crippen LogP contribution >= 0.6 is 0 Å². The molecule has 1 amide bonds. The van der Waals surface area contributed by atoms with Gasteiger partial charge < -0.3 is 35.6 Å². The Kier molecular flexibility index (Phi) is 5.65. The topological polar surface area (TPSA) is 157 Å². The summed E-state index contributed by atoms with van der Waals surface area (Å²) in [5.74, 6) is -1.87. The van der Waals surface area contributed by atoms with E-state index in [0.29, 0.717) is 0 Å². The van der Waals surface area contributed by atoms with Gasteiger partial charge in [-0.05, 0) is 6.92 Å². The quantitative estimate of drug-likeness (QED) is 0.318. The lowest BCUT2D eigenvalue weighted by Gasteiger charge is -2.45. The number of hydrogen-bond acceptors (Lipinski definition) is 7. The van der Waals surface area contributed by atoms with Crippen molar-refractivity contribution in [2.24, 2.45) is 0 Å². The average Bonchev–Trinajstić information content (AvgIpc) is 2.39. The van der Waals surface area contributed by atoms with Gasteiger partial charge in [0.25, 0.3) is 0 Å². The lowest BCUT2D eigenvalue weighted by Crippen LogP contribution is -2.66. The van der Waals surface area contributed by atoms with Gasteiger partial charge in [-0.1, -0.05) is 0 Å². The van der Waals surface area contributed by atoms with Gasteiger partial charge in [-0.15, -0.1) is 0 Å². The van der Waals surface area contributed by atoms with E-state index < -0.39 is 54.5 Å². The highest BCUT2D eigenvalue weighted by atomic mass is 16.6. The molecule has 1 fully saturated rings. The minimum Gasteiger partial charge on any atom is -0.479 e. The number of carboxylic acids is 1. The highest BCUT2D eigenvalue weighted by Gasteiger charge is 2.51. The van der Waals surface area contributed by atoms with Gasteiger partial charge in [-0.3, -0.25) is 4.79 Å². The second-order valence-corrected chi connectivity index (χ2v) is 5.36. The van der Waals surface area contributed by atoms with E-state index in [9.17, 15) is 24.9 Å². The Morgan fingerprint density at radius 2 is 2.00 bits per heavy atom. The summed E-state index contributed by atoms with van der Waals surface area (Å²) in [5.41, 5.74) is -1.78. The number of aliphatic carboxylic acids is 1. The van der Waals surface area contributed by atoms with Crippen LogP contribution in [0.5, 0.6) is 0 Å². The smallest absolute Gasteiger partial charge is 0.335 e. The number of carboxylic acid groups (broad SMARTS) is 1. The van der Waals surface area contributed by atoms with Crippen LogP contribution in [0.25, 0.3) is 0 Å². The molecule has 0 bridgehead atoms. The summed E-state index contributed by atoms with van der Waals surface area (Å²) >= 11 is 0. The summed E-state index contributed by atoms with van der Waals surface area (Å²) in [7, 11) is 0. The molecule has 0 aromatic rings. The first-order valence-electron chi connectivity index (χ1n) is 6.45. The molecule has 9 nitrogen and oxygen atoms in total. The first-order valence-corrected chi connectivity index (χ1v) is 6.45. The fourth-order valence-electron chi connectivity index (χ4n) is 2.33. The number of nitrogens with one attached hydrogen (secondary N) is 1. The molecule has 1 aliphatic rings. The molecule has 1 heterocycles. The summed E-state index contributed by atoms with van der Waals surface area (Å²) < 4.78 is 5.31. The molecule has 0 aromatic heterocycles. The van der Waals surface area contributed by atoms with Crippen molar-refractivity contribution in [1.82, 2.24) is 5.32 Å². The average molecular weight is 307 g/mol. The largest absolute Gasteiger partial charge is 0.479 e. The highest BCUT2D eigenvalue weighted by molar-refractivity contribution is 5.77. The molecule has 0 aliphatic carbocycles. The summed E-state index contributed by atoms with van der Waals surface area (Å²) in [6.45, 7) is 1.62. The summed E-state index contributed by atoms with van der Waals surface area (Å²) in [6, 6.07) is -1.11. The maximum Gasteiger partial charge on any atom is 0.335 e. The van der Waals surface area contributed by atoms with E-state index in [1.54, 1.807) is 0 Å². The zero-order valence-corrected chi connectivity index (χ0v) is 11.8. The van der Waals surface area contributed by atoms with Gasteiger partial charge in [-0.2, -0.15) is 0 Å². The van der Waals surface area contributed by atoms with Crippen LogP contribution in [-0.4, -0.2) is 80.1 Å². The van der Waals surface area contributed by atoms with Gasteiger partial charge in [-0.25, -0.2) is 4.79 Å². The number of amides is 1. The van der Waals surface area contributed by atoms with E-state index in [4.69, 9.17) is 14.9 Å². The molecule has 6 atom stereocenters. The van der Waals surface area contributed by atoms with E-state index in [1.165, 1.54) is 13.8 Å². The van der Waals surface area contributed by atoms with Crippen molar-refractivity contribution in [3.8, 4) is 0 Å². The Bertz CT molecular complexity index is 403. The van der Waals surface area contributed by atoms with E-state index in [-0.39, 0.29) is 6.42 Å².